The van der Waals surface area contributed by atoms with Gasteiger partial charge in [0.1, 0.15) is 0 Å². The number of hydrogen-bond acceptors (Lipinski definition) is 5. The lowest BCUT2D eigenvalue weighted by molar-refractivity contribution is -0.163. The van der Waals surface area contributed by atoms with Crippen LogP contribution >= 0.6 is 0 Å². The maximum atomic E-state index is 11.7. The third-order valence-electron chi connectivity index (χ3n) is 3.81. The lowest BCUT2D eigenvalue weighted by Crippen LogP contribution is -2.50. The van der Waals surface area contributed by atoms with Gasteiger partial charge in [0.15, 0.2) is 0 Å². The number of ether oxygens (including phenoxy) is 3. The molecule has 7 nitrogen and oxygen atoms in total. The molecule has 0 saturated carbocycles. The van der Waals surface area contributed by atoms with Crippen LogP contribution in [0.1, 0.15) is 34.1 Å². The summed E-state index contributed by atoms with van der Waals surface area (Å²) in [5, 5.41) is 3.85. The van der Waals surface area contributed by atoms with Crippen LogP contribution in [0.4, 0.5) is 0 Å². The zero-order chi connectivity index (χ0) is 16.0. The molecule has 0 aliphatic carbocycles. The van der Waals surface area contributed by atoms with E-state index in [4.69, 9.17) is 19.7 Å². The molecule has 0 radical (unpaired) electrons. The Morgan fingerprint density at radius 2 is 2.19 bits per heavy atom. The monoisotopic (exact) mass is 299 g/mol. The van der Waals surface area contributed by atoms with Gasteiger partial charge in [0, 0.05) is 10.8 Å². The van der Waals surface area contributed by atoms with E-state index in [0.717, 1.165) is 6.42 Å². The van der Waals surface area contributed by atoms with Gasteiger partial charge in [0.2, 0.25) is 0 Å². The molecule has 4 atom stereocenters. The fourth-order valence-electron chi connectivity index (χ4n) is 2.48. The van der Waals surface area contributed by atoms with Crippen LogP contribution in [0.5, 0.6) is 0 Å². The van der Waals surface area contributed by atoms with Crippen molar-refractivity contribution in [2.24, 2.45) is 16.4 Å². The van der Waals surface area contributed by atoms with Crippen LogP contribution < -0.4 is 0 Å². The molecule has 0 bridgehead atoms. The molecular weight excluding hydrogens is 274 g/mol. The van der Waals surface area contributed by atoms with Crippen molar-refractivity contribution in [3.05, 3.63) is 10.4 Å². The van der Waals surface area contributed by atoms with Crippen LogP contribution in [0, 0.1) is 11.3 Å². The predicted octanol–water partition coefficient (Wildman–Crippen LogP) is 2.69. The van der Waals surface area contributed by atoms with Gasteiger partial charge in [-0.2, -0.15) is 0 Å². The smallest absolute Gasteiger partial charge is 0.313 e. The molecule has 0 N–H and O–H groups in total. The maximum Gasteiger partial charge on any atom is 0.313 e. The molecule has 0 aromatic carbocycles. The fraction of sp³-hybridized carbons (Fsp3) is 0.929. The van der Waals surface area contributed by atoms with Gasteiger partial charge in [0.05, 0.1) is 44.0 Å². The van der Waals surface area contributed by atoms with Gasteiger partial charge in [-0.1, -0.05) is 19.0 Å². The Bertz CT molecular complexity index is 407. The first-order valence-corrected chi connectivity index (χ1v) is 7.23. The third kappa shape index (κ3) is 4.33. The summed E-state index contributed by atoms with van der Waals surface area (Å²) >= 11 is 0. The first-order valence-electron chi connectivity index (χ1n) is 7.23. The number of hydrogen-bond donors (Lipinski definition) is 0. The largest absolute Gasteiger partial charge is 0.469 e. The predicted molar refractivity (Wildman–Crippen MR) is 77.7 cm³/mol. The summed E-state index contributed by atoms with van der Waals surface area (Å²) in [5.41, 5.74) is 8.02. The molecule has 2 unspecified atom stereocenters. The Morgan fingerprint density at radius 1 is 1.52 bits per heavy atom. The molecule has 21 heavy (non-hydrogen) atoms. The lowest BCUT2D eigenvalue weighted by Gasteiger charge is -2.40. The van der Waals surface area contributed by atoms with Gasteiger partial charge in [-0.05, 0) is 25.8 Å². The summed E-state index contributed by atoms with van der Waals surface area (Å²) < 4.78 is 16.4. The van der Waals surface area contributed by atoms with E-state index in [0.29, 0.717) is 6.61 Å². The molecule has 1 heterocycles. The van der Waals surface area contributed by atoms with Crippen molar-refractivity contribution in [3.63, 3.8) is 0 Å². The Kier molecular flexibility index (Phi) is 6.45. The van der Waals surface area contributed by atoms with E-state index in [9.17, 15) is 4.79 Å². The van der Waals surface area contributed by atoms with Crippen LogP contribution in [0.15, 0.2) is 5.11 Å². The number of methoxy groups -OCH3 is 1. The summed E-state index contributed by atoms with van der Waals surface area (Å²) in [5.74, 6) is -0.230. The molecule has 1 aliphatic heterocycles. The van der Waals surface area contributed by atoms with E-state index in [1.165, 1.54) is 7.11 Å². The highest BCUT2D eigenvalue weighted by atomic mass is 16.5. The molecular formula is C14H25N3O4. The lowest BCUT2D eigenvalue weighted by atomic mass is 9.89. The molecule has 1 saturated heterocycles. The Morgan fingerprint density at radius 3 is 2.71 bits per heavy atom. The molecule has 0 spiro atoms. The SMILES string of the molecule is CCC1OCC(C)[C@@H](OCC(C)(C)C(=O)OC)[C@H]1N=[N+]=[N-]. The van der Waals surface area contributed by atoms with Gasteiger partial charge in [0.25, 0.3) is 0 Å². The number of esters is 1. The van der Waals surface area contributed by atoms with Crippen molar-refractivity contribution in [3.8, 4) is 0 Å². The Balaban J connectivity index is 2.81. The highest BCUT2D eigenvalue weighted by Gasteiger charge is 2.40. The Hall–Kier alpha value is -1.30. The first-order chi connectivity index (χ1) is 9.87. The minimum Gasteiger partial charge on any atom is -0.469 e. The second kappa shape index (κ2) is 7.64. The van der Waals surface area contributed by atoms with Crippen LogP contribution in [0.3, 0.4) is 0 Å². The highest BCUT2D eigenvalue weighted by Crippen LogP contribution is 2.29. The summed E-state index contributed by atoms with van der Waals surface area (Å²) in [6, 6.07) is -0.378. The van der Waals surface area contributed by atoms with Crippen LogP contribution in [-0.4, -0.2) is 44.5 Å². The summed E-state index contributed by atoms with van der Waals surface area (Å²) in [6.07, 6.45) is 0.336. The number of carbonyl (C=O) groups excluding carboxylic acids is 1. The van der Waals surface area contributed by atoms with E-state index < -0.39 is 5.41 Å². The number of carbonyl (C=O) groups is 1. The average Bonchev–Trinajstić information content (AvgIpc) is 2.46. The topological polar surface area (TPSA) is 93.5 Å². The van der Waals surface area contributed by atoms with Crippen LogP contribution in [0.25, 0.3) is 10.4 Å². The zero-order valence-electron chi connectivity index (χ0n) is 13.4. The standard InChI is InChI=1S/C14H25N3O4/c1-6-10-11(16-17-15)12(9(2)7-20-10)21-8-14(3,4)13(18)19-5/h9-12H,6-8H2,1-5H3/t9?,10?,11-,12+/m0/s1. The molecule has 1 fully saturated rings. The van der Waals surface area contributed by atoms with Gasteiger partial charge in [-0.3, -0.25) is 4.79 Å². The molecule has 1 aliphatic rings. The quantitative estimate of drug-likeness (QED) is 0.326. The molecule has 0 aromatic heterocycles. The molecule has 7 heteroatoms. The van der Waals surface area contributed by atoms with Crippen molar-refractivity contribution in [2.75, 3.05) is 20.3 Å². The van der Waals surface area contributed by atoms with E-state index in [-0.39, 0.29) is 36.7 Å². The third-order valence-corrected chi connectivity index (χ3v) is 3.81. The second-order valence-electron chi connectivity index (χ2n) is 6.10. The van der Waals surface area contributed by atoms with Crippen molar-refractivity contribution in [1.29, 1.82) is 0 Å². The second-order valence-corrected chi connectivity index (χ2v) is 6.10. The minimum atomic E-state index is -0.741. The van der Waals surface area contributed by atoms with Gasteiger partial charge >= 0.3 is 5.97 Å². The normalized spacial score (nSPS) is 29.6. The summed E-state index contributed by atoms with van der Waals surface area (Å²) in [6.45, 7) is 8.27. The van der Waals surface area contributed by atoms with Crippen molar-refractivity contribution >= 4 is 5.97 Å². The maximum absolute atomic E-state index is 11.7. The van der Waals surface area contributed by atoms with Crippen LogP contribution in [0.2, 0.25) is 0 Å². The summed E-state index contributed by atoms with van der Waals surface area (Å²) in [4.78, 5) is 14.6. The zero-order valence-corrected chi connectivity index (χ0v) is 13.4. The van der Waals surface area contributed by atoms with E-state index >= 15 is 0 Å². The van der Waals surface area contributed by atoms with Gasteiger partial charge in [-0.25, -0.2) is 0 Å². The molecule has 0 amide bonds. The first kappa shape index (κ1) is 17.8. The molecule has 120 valence electrons. The van der Waals surface area contributed by atoms with Crippen molar-refractivity contribution in [2.45, 2.75) is 52.4 Å². The minimum absolute atomic E-state index is 0.0942. The fourth-order valence-corrected chi connectivity index (χ4v) is 2.48. The highest BCUT2D eigenvalue weighted by molar-refractivity contribution is 5.75. The van der Waals surface area contributed by atoms with Gasteiger partial charge < -0.3 is 14.2 Å². The molecule has 0 aromatic rings. The number of nitrogens with zero attached hydrogens (tertiary/aromatic N) is 3. The number of azide groups is 1. The average molecular weight is 299 g/mol. The summed E-state index contributed by atoms with van der Waals surface area (Å²) in [7, 11) is 1.36. The van der Waals surface area contributed by atoms with Crippen molar-refractivity contribution in [1.82, 2.24) is 0 Å². The van der Waals surface area contributed by atoms with Crippen molar-refractivity contribution < 1.29 is 19.0 Å². The van der Waals surface area contributed by atoms with E-state index in [2.05, 4.69) is 10.0 Å². The Labute approximate surface area is 125 Å². The van der Waals surface area contributed by atoms with E-state index in [1.807, 2.05) is 13.8 Å². The van der Waals surface area contributed by atoms with E-state index in [1.54, 1.807) is 13.8 Å². The number of rotatable bonds is 6. The molecule has 1 rings (SSSR count). The van der Waals surface area contributed by atoms with Gasteiger partial charge in [-0.15, -0.1) is 0 Å². The van der Waals surface area contributed by atoms with Crippen LogP contribution in [-0.2, 0) is 19.0 Å².